The number of nitrogens with one attached hydrogen (secondary N) is 1. The van der Waals surface area contributed by atoms with E-state index in [2.05, 4.69) is 10.3 Å². The Morgan fingerprint density at radius 2 is 2.18 bits per heavy atom. The van der Waals surface area contributed by atoms with Crippen LogP contribution in [0.15, 0.2) is 23.2 Å². The van der Waals surface area contributed by atoms with Crippen LogP contribution >= 0.6 is 0 Å². The third-order valence-corrected chi connectivity index (χ3v) is 4.72. The van der Waals surface area contributed by atoms with E-state index in [9.17, 15) is 8.42 Å². The quantitative estimate of drug-likeness (QED) is 0.857. The van der Waals surface area contributed by atoms with Gasteiger partial charge in [-0.05, 0) is 30.9 Å². The van der Waals surface area contributed by atoms with Gasteiger partial charge in [0.25, 0.3) is 0 Å². The molecule has 6 heteroatoms. The molecule has 1 saturated carbocycles. The fourth-order valence-corrected chi connectivity index (χ4v) is 2.82. The maximum absolute atomic E-state index is 12.2. The molecule has 0 aliphatic heterocycles. The van der Waals surface area contributed by atoms with Crippen molar-refractivity contribution in [2.45, 2.75) is 17.7 Å². The lowest BCUT2D eigenvalue weighted by molar-refractivity contribution is 0.452. The number of anilines is 1. The summed E-state index contributed by atoms with van der Waals surface area (Å²) >= 11 is 0. The minimum atomic E-state index is -3.38. The first-order chi connectivity index (χ1) is 8.04. The van der Waals surface area contributed by atoms with Crippen molar-refractivity contribution in [3.63, 3.8) is 0 Å². The topological polar surface area (TPSA) is 62.3 Å². The molecule has 0 saturated heterocycles. The molecule has 1 aromatic rings. The molecule has 0 atom stereocenters. The second-order valence-electron chi connectivity index (χ2n) is 4.36. The Morgan fingerprint density at radius 3 is 2.65 bits per heavy atom. The highest BCUT2D eigenvalue weighted by atomic mass is 32.2. The number of pyridine rings is 1. The smallest absolute Gasteiger partial charge is 0.244 e. The molecule has 94 valence electrons. The zero-order valence-corrected chi connectivity index (χ0v) is 10.9. The Bertz CT molecular complexity index is 480. The molecule has 1 aliphatic rings. The van der Waals surface area contributed by atoms with Gasteiger partial charge in [-0.1, -0.05) is 0 Å². The fourth-order valence-electron chi connectivity index (χ4n) is 1.62. The van der Waals surface area contributed by atoms with E-state index in [0.29, 0.717) is 18.3 Å². The van der Waals surface area contributed by atoms with Crippen LogP contribution in [-0.4, -0.2) is 38.3 Å². The van der Waals surface area contributed by atoms with Gasteiger partial charge in [-0.15, -0.1) is 0 Å². The van der Waals surface area contributed by atoms with Crippen LogP contribution in [-0.2, 0) is 10.0 Å². The van der Waals surface area contributed by atoms with Crippen LogP contribution in [0, 0.1) is 5.92 Å². The largest absolute Gasteiger partial charge is 0.373 e. The van der Waals surface area contributed by atoms with E-state index in [0.717, 1.165) is 12.8 Å². The molecule has 0 spiro atoms. The Morgan fingerprint density at radius 1 is 1.47 bits per heavy atom. The van der Waals surface area contributed by atoms with Crippen molar-refractivity contribution in [1.29, 1.82) is 0 Å². The monoisotopic (exact) mass is 255 g/mol. The first-order valence-corrected chi connectivity index (χ1v) is 7.08. The van der Waals surface area contributed by atoms with Gasteiger partial charge in [0.1, 0.15) is 10.7 Å². The summed E-state index contributed by atoms with van der Waals surface area (Å²) in [7, 11) is -0.00558. The van der Waals surface area contributed by atoms with Crippen LogP contribution in [0.3, 0.4) is 0 Å². The second kappa shape index (κ2) is 4.62. The van der Waals surface area contributed by atoms with Crippen molar-refractivity contribution < 1.29 is 8.42 Å². The molecule has 1 heterocycles. The van der Waals surface area contributed by atoms with Gasteiger partial charge in [-0.3, -0.25) is 0 Å². The summed E-state index contributed by atoms with van der Waals surface area (Å²) in [6.45, 7) is 0.607. The average molecular weight is 255 g/mol. The van der Waals surface area contributed by atoms with Crippen molar-refractivity contribution in [1.82, 2.24) is 9.29 Å². The molecular weight excluding hydrogens is 238 g/mol. The number of sulfonamides is 1. The fraction of sp³-hybridized carbons (Fsp3) is 0.545. The lowest BCUT2D eigenvalue weighted by Crippen LogP contribution is -2.29. The summed E-state index contributed by atoms with van der Waals surface area (Å²) in [6, 6.07) is 3.25. The molecule has 17 heavy (non-hydrogen) atoms. The molecule has 1 aromatic heterocycles. The maximum Gasteiger partial charge on any atom is 0.244 e. The standard InChI is InChI=1S/C11H17N3O2S/c1-12-11-6-5-10(7-13-11)17(15,16)14(2)8-9-3-4-9/h5-7,9H,3-4,8H2,1-2H3,(H,12,13). The van der Waals surface area contributed by atoms with E-state index in [1.807, 2.05) is 0 Å². The Hall–Kier alpha value is -1.14. The third-order valence-electron chi connectivity index (χ3n) is 2.91. The maximum atomic E-state index is 12.2. The third kappa shape index (κ3) is 2.76. The molecule has 1 aliphatic carbocycles. The number of hydrogen-bond acceptors (Lipinski definition) is 4. The van der Waals surface area contributed by atoms with Crippen molar-refractivity contribution >= 4 is 15.8 Å². The lowest BCUT2D eigenvalue weighted by atomic mass is 10.4. The summed E-state index contributed by atoms with van der Waals surface area (Å²) in [5, 5.41) is 2.86. The van der Waals surface area contributed by atoms with Crippen molar-refractivity contribution in [3.8, 4) is 0 Å². The summed E-state index contributed by atoms with van der Waals surface area (Å²) in [5.74, 6) is 1.20. The van der Waals surface area contributed by atoms with Crippen LogP contribution < -0.4 is 5.32 Å². The van der Waals surface area contributed by atoms with Crippen LogP contribution in [0.4, 0.5) is 5.82 Å². The van der Waals surface area contributed by atoms with Gasteiger partial charge < -0.3 is 5.32 Å². The molecule has 5 nitrogen and oxygen atoms in total. The van der Waals surface area contributed by atoms with E-state index in [-0.39, 0.29) is 4.90 Å². The van der Waals surface area contributed by atoms with E-state index < -0.39 is 10.0 Å². The van der Waals surface area contributed by atoms with Gasteiger partial charge in [0.05, 0.1) is 0 Å². The molecule has 0 bridgehead atoms. The minimum absolute atomic E-state index is 0.250. The van der Waals surface area contributed by atoms with E-state index in [1.165, 1.54) is 10.5 Å². The Balaban J connectivity index is 2.17. The van der Waals surface area contributed by atoms with E-state index in [1.54, 1.807) is 26.2 Å². The van der Waals surface area contributed by atoms with Crippen LogP contribution in [0.25, 0.3) is 0 Å². The number of hydrogen-bond donors (Lipinski definition) is 1. The van der Waals surface area contributed by atoms with Gasteiger partial charge in [-0.2, -0.15) is 0 Å². The lowest BCUT2D eigenvalue weighted by Gasteiger charge is -2.16. The van der Waals surface area contributed by atoms with Gasteiger partial charge in [0.15, 0.2) is 0 Å². The highest BCUT2D eigenvalue weighted by Gasteiger charge is 2.29. The average Bonchev–Trinajstić information content (AvgIpc) is 3.13. The second-order valence-corrected chi connectivity index (χ2v) is 6.40. The number of aromatic nitrogens is 1. The van der Waals surface area contributed by atoms with E-state index >= 15 is 0 Å². The SMILES string of the molecule is CNc1ccc(S(=O)(=O)N(C)CC2CC2)cn1. The summed E-state index contributed by atoms with van der Waals surface area (Å²) in [5.41, 5.74) is 0. The molecule has 0 aromatic carbocycles. The van der Waals surface area contributed by atoms with Gasteiger partial charge in [-0.25, -0.2) is 17.7 Å². The normalized spacial score (nSPS) is 16.2. The predicted molar refractivity (Wildman–Crippen MR) is 66.3 cm³/mol. The Kier molecular flexibility index (Phi) is 3.35. The van der Waals surface area contributed by atoms with Gasteiger partial charge in [0, 0.05) is 26.8 Å². The molecule has 0 amide bonds. The van der Waals surface area contributed by atoms with Gasteiger partial charge >= 0.3 is 0 Å². The molecule has 1 N–H and O–H groups in total. The first kappa shape index (κ1) is 12.3. The summed E-state index contributed by atoms with van der Waals surface area (Å²) < 4.78 is 25.7. The van der Waals surface area contributed by atoms with Crippen molar-refractivity contribution in [2.24, 2.45) is 5.92 Å². The number of rotatable bonds is 5. The molecule has 0 unspecified atom stereocenters. The van der Waals surface area contributed by atoms with E-state index in [4.69, 9.17) is 0 Å². The van der Waals surface area contributed by atoms with Crippen LogP contribution in [0.5, 0.6) is 0 Å². The predicted octanol–water partition coefficient (Wildman–Crippen LogP) is 1.15. The Labute approximate surface area is 102 Å². The van der Waals surface area contributed by atoms with Crippen molar-refractivity contribution in [2.75, 3.05) is 26.0 Å². The molecule has 0 radical (unpaired) electrons. The highest BCUT2D eigenvalue weighted by molar-refractivity contribution is 7.89. The number of nitrogens with zero attached hydrogens (tertiary/aromatic N) is 2. The van der Waals surface area contributed by atoms with Gasteiger partial charge in [0.2, 0.25) is 10.0 Å². The zero-order valence-electron chi connectivity index (χ0n) is 10.0. The molecule has 2 rings (SSSR count). The van der Waals surface area contributed by atoms with Crippen LogP contribution in [0.2, 0.25) is 0 Å². The minimum Gasteiger partial charge on any atom is -0.373 e. The van der Waals surface area contributed by atoms with Crippen LogP contribution in [0.1, 0.15) is 12.8 Å². The summed E-state index contributed by atoms with van der Waals surface area (Å²) in [4.78, 5) is 4.27. The highest BCUT2D eigenvalue weighted by Crippen LogP contribution is 2.30. The first-order valence-electron chi connectivity index (χ1n) is 5.64. The van der Waals surface area contributed by atoms with Crippen molar-refractivity contribution in [3.05, 3.63) is 18.3 Å². The summed E-state index contributed by atoms with van der Waals surface area (Å²) in [6.07, 6.45) is 3.66. The molecule has 1 fully saturated rings. The molecular formula is C11H17N3O2S. The zero-order chi connectivity index (χ0) is 12.5.